The van der Waals surface area contributed by atoms with Crippen LogP contribution in [0.5, 0.6) is 28.7 Å². The van der Waals surface area contributed by atoms with Crippen molar-refractivity contribution in [2.24, 2.45) is 5.73 Å². The summed E-state index contributed by atoms with van der Waals surface area (Å²) < 4.78 is 57.7. The van der Waals surface area contributed by atoms with Crippen molar-refractivity contribution in [3.05, 3.63) is 64.9 Å². The van der Waals surface area contributed by atoms with Crippen molar-refractivity contribution in [2.45, 2.75) is 6.36 Å². The minimum atomic E-state index is -4.90. The molecule has 3 N–H and O–H groups in total. The number of aromatic nitrogens is 1. The molecule has 0 saturated heterocycles. The lowest BCUT2D eigenvalue weighted by molar-refractivity contribution is -0.274. The summed E-state index contributed by atoms with van der Waals surface area (Å²) in [5.41, 5.74) is 5.30. The van der Waals surface area contributed by atoms with Crippen molar-refractivity contribution in [1.29, 1.82) is 0 Å². The third-order valence-electron chi connectivity index (χ3n) is 4.34. The fourth-order valence-corrected chi connectivity index (χ4v) is 3.08. The molecular formula is C22H17ClF3N3O6. The lowest BCUT2D eigenvalue weighted by Crippen LogP contribution is -2.17. The number of carbonyl (C=O) groups is 2. The number of hydrogen-bond acceptors (Lipinski definition) is 7. The molecule has 0 atom stereocenters. The second-order valence-electron chi connectivity index (χ2n) is 6.69. The molecule has 13 heteroatoms. The number of nitrogens with zero attached hydrogens (tertiary/aromatic N) is 1. The molecule has 9 nitrogen and oxygen atoms in total. The standard InChI is InChI=1S/C22H17ClF3N3O6/c1-32-16-9-13(35-22(24,25)26)4-6-15(16)34-18-8-11(23)7-17(33-2)19(18)21(31)29-12-3-5-14(20(27)30)28-10-12/h3-10H,1-2H3,(H2,27,30)(H,29,31). The van der Waals surface area contributed by atoms with Crippen molar-refractivity contribution in [3.8, 4) is 28.7 Å². The van der Waals surface area contributed by atoms with Crippen LogP contribution >= 0.6 is 11.6 Å². The Balaban J connectivity index is 1.96. The molecule has 0 aliphatic heterocycles. The van der Waals surface area contributed by atoms with Crippen LogP contribution in [0, 0.1) is 0 Å². The normalized spacial score (nSPS) is 10.9. The third kappa shape index (κ3) is 6.44. The van der Waals surface area contributed by atoms with Crippen LogP contribution in [0.15, 0.2) is 48.7 Å². The molecule has 0 spiro atoms. The van der Waals surface area contributed by atoms with Crippen LogP contribution in [-0.4, -0.2) is 37.4 Å². The van der Waals surface area contributed by atoms with Gasteiger partial charge in [0.25, 0.3) is 11.8 Å². The van der Waals surface area contributed by atoms with Gasteiger partial charge in [-0.15, -0.1) is 13.2 Å². The van der Waals surface area contributed by atoms with Crippen LogP contribution in [0.4, 0.5) is 18.9 Å². The summed E-state index contributed by atoms with van der Waals surface area (Å²) in [6, 6.07) is 8.57. The highest BCUT2D eigenvalue weighted by atomic mass is 35.5. The SMILES string of the molecule is COc1cc(OC(F)(F)F)ccc1Oc1cc(Cl)cc(OC)c1C(=O)Nc1ccc(C(N)=O)nc1. The van der Waals surface area contributed by atoms with Crippen LogP contribution in [-0.2, 0) is 0 Å². The summed E-state index contributed by atoms with van der Waals surface area (Å²) in [4.78, 5) is 28.1. The molecule has 35 heavy (non-hydrogen) atoms. The first-order valence-electron chi connectivity index (χ1n) is 9.57. The molecule has 3 rings (SSSR count). The number of carbonyl (C=O) groups excluding carboxylic acids is 2. The first-order valence-corrected chi connectivity index (χ1v) is 9.95. The number of halogens is 4. The van der Waals surface area contributed by atoms with Gasteiger partial charge in [-0.2, -0.15) is 0 Å². The largest absolute Gasteiger partial charge is 0.573 e. The number of benzene rings is 2. The number of primary amides is 1. The van der Waals surface area contributed by atoms with Gasteiger partial charge in [-0.1, -0.05) is 11.6 Å². The summed E-state index contributed by atoms with van der Waals surface area (Å²) in [6.45, 7) is 0. The number of amides is 2. The van der Waals surface area contributed by atoms with Gasteiger partial charge in [0.1, 0.15) is 28.5 Å². The maximum absolute atomic E-state index is 13.1. The third-order valence-corrected chi connectivity index (χ3v) is 4.56. The second kappa shape index (κ2) is 10.4. The number of rotatable bonds is 8. The maximum atomic E-state index is 13.1. The van der Waals surface area contributed by atoms with Gasteiger partial charge in [0.05, 0.1) is 26.1 Å². The van der Waals surface area contributed by atoms with Crippen molar-refractivity contribution in [2.75, 3.05) is 19.5 Å². The number of nitrogens with two attached hydrogens (primary N) is 1. The van der Waals surface area contributed by atoms with E-state index in [0.717, 1.165) is 12.1 Å². The molecule has 0 radical (unpaired) electrons. The number of methoxy groups -OCH3 is 2. The number of ether oxygens (including phenoxy) is 4. The van der Waals surface area contributed by atoms with Crippen LogP contribution in [0.3, 0.4) is 0 Å². The van der Waals surface area contributed by atoms with E-state index in [9.17, 15) is 22.8 Å². The van der Waals surface area contributed by atoms with Crippen LogP contribution < -0.4 is 30.0 Å². The lowest BCUT2D eigenvalue weighted by atomic mass is 10.1. The summed E-state index contributed by atoms with van der Waals surface area (Å²) in [5, 5.41) is 2.73. The smallest absolute Gasteiger partial charge is 0.496 e. The molecule has 0 aliphatic carbocycles. The molecule has 1 aromatic heterocycles. The van der Waals surface area contributed by atoms with Crippen molar-refractivity contribution in [3.63, 3.8) is 0 Å². The van der Waals surface area contributed by atoms with Crippen molar-refractivity contribution in [1.82, 2.24) is 4.98 Å². The van der Waals surface area contributed by atoms with Gasteiger partial charge in [-0.05, 0) is 30.3 Å². The zero-order chi connectivity index (χ0) is 25.8. The number of nitrogens with one attached hydrogen (secondary N) is 1. The Kier molecular flexibility index (Phi) is 7.55. The van der Waals surface area contributed by atoms with E-state index < -0.39 is 23.9 Å². The van der Waals surface area contributed by atoms with Gasteiger partial charge in [0.2, 0.25) is 0 Å². The topological polar surface area (TPSA) is 122 Å². The number of anilines is 1. The van der Waals surface area contributed by atoms with Gasteiger partial charge in [-0.3, -0.25) is 9.59 Å². The molecule has 2 aromatic carbocycles. The van der Waals surface area contributed by atoms with E-state index in [2.05, 4.69) is 15.0 Å². The Morgan fingerprint density at radius 2 is 1.66 bits per heavy atom. The zero-order valence-corrected chi connectivity index (χ0v) is 18.9. The summed E-state index contributed by atoms with van der Waals surface area (Å²) >= 11 is 6.13. The second-order valence-corrected chi connectivity index (χ2v) is 7.13. The maximum Gasteiger partial charge on any atom is 0.573 e. The predicted molar refractivity (Wildman–Crippen MR) is 118 cm³/mol. The molecule has 0 aliphatic rings. The van der Waals surface area contributed by atoms with E-state index >= 15 is 0 Å². The molecule has 2 amide bonds. The fraction of sp³-hybridized carbons (Fsp3) is 0.136. The van der Waals surface area contributed by atoms with Gasteiger partial charge in [-0.25, -0.2) is 4.98 Å². The minimum absolute atomic E-state index is 0.00105. The zero-order valence-electron chi connectivity index (χ0n) is 18.1. The molecule has 184 valence electrons. The molecule has 1 heterocycles. The number of hydrogen-bond donors (Lipinski definition) is 2. The van der Waals surface area contributed by atoms with E-state index in [4.69, 9.17) is 31.5 Å². The Labute approximate surface area is 201 Å². The summed E-state index contributed by atoms with van der Waals surface area (Å²) in [5.74, 6) is -2.15. The van der Waals surface area contributed by atoms with E-state index in [1.54, 1.807) is 0 Å². The number of pyridine rings is 1. The number of alkyl halides is 3. The Bertz CT molecular complexity index is 1250. The van der Waals surface area contributed by atoms with E-state index in [0.29, 0.717) is 0 Å². The Morgan fingerprint density at radius 1 is 0.971 bits per heavy atom. The van der Waals surface area contributed by atoms with E-state index in [1.807, 2.05) is 0 Å². The molecule has 0 bridgehead atoms. The lowest BCUT2D eigenvalue weighted by Gasteiger charge is -2.17. The van der Waals surface area contributed by atoms with E-state index in [1.165, 1.54) is 50.7 Å². The molecule has 0 saturated carbocycles. The quantitative estimate of drug-likeness (QED) is 0.445. The predicted octanol–water partition coefficient (Wildman–Crippen LogP) is 4.79. The first kappa shape index (κ1) is 25.4. The monoisotopic (exact) mass is 511 g/mol. The summed E-state index contributed by atoms with van der Waals surface area (Å²) in [6.07, 6.45) is -3.67. The highest BCUT2D eigenvalue weighted by molar-refractivity contribution is 6.31. The van der Waals surface area contributed by atoms with Gasteiger partial charge in [0, 0.05) is 17.2 Å². The van der Waals surface area contributed by atoms with Gasteiger partial charge < -0.3 is 30.0 Å². The molecule has 3 aromatic rings. The Morgan fingerprint density at radius 3 is 2.23 bits per heavy atom. The molecular weight excluding hydrogens is 495 g/mol. The molecule has 0 fully saturated rings. The fourth-order valence-electron chi connectivity index (χ4n) is 2.88. The highest BCUT2D eigenvalue weighted by Crippen LogP contribution is 2.40. The van der Waals surface area contributed by atoms with Crippen LogP contribution in [0.2, 0.25) is 5.02 Å². The van der Waals surface area contributed by atoms with Crippen molar-refractivity contribution >= 4 is 29.1 Å². The average Bonchev–Trinajstić information content (AvgIpc) is 2.78. The Hall–Kier alpha value is -4.19. The van der Waals surface area contributed by atoms with Crippen LogP contribution in [0.25, 0.3) is 0 Å². The average molecular weight is 512 g/mol. The van der Waals surface area contributed by atoms with Crippen LogP contribution in [0.1, 0.15) is 20.8 Å². The minimum Gasteiger partial charge on any atom is -0.496 e. The first-order chi connectivity index (χ1) is 16.5. The summed E-state index contributed by atoms with van der Waals surface area (Å²) in [7, 11) is 2.52. The van der Waals surface area contributed by atoms with Gasteiger partial charge in [0.15, 0.2) is 11.5 Å². The van der Waals surface area contributed by atoms with Crippen molar-refractivity contribution < 1.29 is 41.7 Å². The highest BCUT2D eigenvalue weighted by Gasteiger charge is 2.31. The van der Waals surface area contributed by atoms with Gasteiger partial charge >= 0.3 is 6.36 Å². The van der Waals surface area contributed by atoms with E-state index in [-0.39, 0.29) is 45.0 Å². The molecule has 0 unspecified atom stereocenters.